The van der Waals surface area contributed by atoms with Crippen LogP contribution in [0.3, 0.4) is 0 Å². The number of likely N-dealkylation sites (tertiary alicyclic amines) is 1. The second-order valence-electron chi connectivity index (χ2n) is 8.22. The molecule has 1 fully saturated rings. The molecule has 4 rings (SSSR count). The number of pyridine rings is 1. The fourth-order valence-corrected chi connectivity index (χ4v) is 5.16. The Balaban J connectivity index is 1.47. The minimum absolute atomic E-state index is 0.0141. The number of amides is 1. The maximum atomic E-state index is 12.6. The van der Waals surface area contributed by atoms with E-state index in [1.54, 1.807) is 18.2 Å². The Morgan fingerprint density at radius 2 is 1.94 bits per heavy atom. The summed E-state index contributed by atoms with van der Waals surface area (Å²) in [6, 6.07) is 12.8. The van der Waals surface area contributed by atoms with E-state index in [0.717, 1.165) is 17.7 Å². The summed E-state index contributed by atoms with van der Waals surface area (Å²) in [6.45, 7) is 3.55. The SMILES string of the molecule is Cc1ccccc1OCC(=O)N[C@H](N1C[C@@H]2C[C@H](C1)c1cccc(=O)n1C2)C(Cl)(Cl)Cl. The van der Waals surface area contributed by atoms with E-state index in [0.29, 0.717) is 25.4 Å². The van der Waals surface area contributed by atoms with Gasteiger partial charge in [0.05, 0.1) is 0 Å². The lowest BCUT2D eigenvalue weighted by Crippen LogP contribution is -2.60. The summed E-state index contributed by atoms with van der Waals surface area (Å²) in [7, 11) is 0. The Labute approximate surface area is 196 Å². The van der Waals surface area contributed by atoms with Gasteiger partial charge < -0.3 is 14.6 Å². The number of nitrogens with one attached hydrogen (secondary N) is 1. The Hall–Kier alpha value is -1.73. The molecule has 0 aliphatic carbocycles. The number of aromatic nitrogens is 1. The van der Waals surface area contributed by atoms with Gasteiger partial charge in [0.1, 0.15) is 11.9 Å². The van der Waals surface area contributed by atoms with Crippen molar-refractivity contribution in [3.63, 3.8) is 0 Å². The summed E-state index contributed by atoms with van der Waals surface area (Å²) in [5.74, 6) is 0.641. The van der Waals surface area contributed by atoms with E-state index >= 15 is 0 Å². The third kappa shape index (κ3) is 5.03. The third-order valence-corrected chi connectivity index (χ3v) is 6.55. The third-order valence-electron chi connectivity index (χ3n) is 5.93. The second-order valence-corrected chi connectivity index (χ2v) is 10.6. The molecule has 0 spiro atoms. The number of aryl methyl sites for hydroxylation is 1. The molecule has 0 saturated carbocycles. The number of fused-ring (bicyclic) bond motifs is 4. The lowest BCUT2D eigenvalue weighted by atomic mass is 9.83. The van der Waals surface area contributed by atoms with Crippen LogP contribution >= 0.6 is 34.8 Å². The van der Waals surface area contributed by atoms with Gasteiger partial charge in [0.25, 0.3) is 11.5 Å². The summed E-state index contributed by atoms with van der Waals surface area (Å²) >= 11 is 18.8. The zero-order chi connectivity index (χ0) is 22.2. The maximum Gasteiger partial charge on any atom is 0.259 e. The summed E-state index contributed by atoms with van der Waals surface area (Å²) in [5.41, 5.74) is 1.94. The van der Waals surface area contributed by atoms with E-state index in [2.05, 4.69) is 5.32 Å². The van der Waals surface area contributed by atoms with Crippen LogP contribution in [0.1, 0.15) is 23.6 Å². The number of carbonyl (C=O) groups excluding carboxylic acids is 1. The van der Waals surface area contributed by atoms with Gasteiger partial charge in [0.2, 0.25) is 3.79 Å². The van der Waals surface area contributed by atoms with Crippen LogP contribution in [-0.4, -0.2) is 45.0 Å². The number of benzene rings is 1. The molecule has 1 aromatic heterocycles. The molecule has 1 N–H and O–H groups in total. The fraction of sp³-hybridized carbons (Fsp3) is 0.455. The van der Waals surface area contributed by atoms with Crippen LogP contribution < -0.4 is 15.6 Å². The van der Waals surface area contributed by atoms with Gasteiger partial charge >= 0.3 is 0 Å². The van der Waals surface area contributed by atoms with Crippen molar-refractivity contribution >= 4 is 40.7 Å². The van der Waals surface area contributed by atoms with Crippen LogP contribution in [0.4, 0.5) is 0 Å². The average molecular weight is 485 g/mol. The molecule has 9 heteroatoms. The van der Waals surface area contributed by atoms with E-state index in [1.165, 1.54) is 0 Å². The van der Waals surface area contributed by atoms with Crippen molar-refractivity contribution in [1.29, 1.82) is 0 Å². The molecule has 0 radical (unpaired) electrons. The first-order valence-electron chi connectivity index (χ1n) is 10.2. The molecule has 0 unspecified atom stereocenters. The molecule has 166 valence electrons. The van der Waals surface area contributed by atoms with Crippen LogP contribution in [0.25, 0.3) is 0 Å². The van der Waals surface area contributed by atoms with Gasteiger partial charge in [-0.25, -0.2) is 0 Å². The molecular formula is C22H24Cl3N3O3. The second kappa shape index (κ2) is 9.02. The van der Waals surface area contributed by atoms with Gasteiger partial charge in [-0.3, -0.25) is 14.5 Å². The summed E-state index contributed by atoms with van der Waals surface area (Å²) in [6.07, 6.45) is 0.161. The first-order valence-corrected chi connectivity index (χ1v) is 11.3. The highest BCUT2D eigenvalue weighted by atomic mass is 35.6. The number of piperidine rings is 1. The minimum Gasteiger partial charge on any atom is -0.484 e. The van der Waals surface area contributed by atoms with Crippen molar-refractivity contribution in [3.8, 4) is 5.75 Å². The molecule has 3 atom stereocenters. The van der Waals surface area contributed by atoms with E-state index < -0.39 is 9.96 Å². The van der Waals surface area contributed by atoms with Gasteiger partial charge in [-0.1, -0.05) is 59.1 Å². The number of para-hydroxylation sites is 1. The predicted octanol–water partition coefficient (Wildman–Crippen LogP) is 3.47. The highest BCUT2D eigenvalue weighted by Crippen LogP contribution is 2.39. The molecule has 31 heavy (non-hydrogen) atoms. The van der Waals surface area contributed by atoms with Gasteiger partial charge in [-0.2, -0.15) is 0 Å². The summed E-state index contributed by atoms with van der Waals surface area (Å²) in [5, 5.41) is 2.84. The zero-order valence-electron chi connectivity index (χ0n) is 17.1. The number of halogens is 3. The van der Waals surface area contributed by atoms with E-state index in [1.807, 2.05) is 40.7 Å². The van der Waals surface area contributed by atoms with Crippen LogP contribution in [0.5, 0.6) is 5.75 Å². The summed E-state index contributed by atoms with van der Waals surface area (Å²) in [4.78, 5) is 26.9. The number of nitrogens with zero attached hydrogens (tertiary/aromatic N) is 2. The molecule has 3 heterocycles. The van der Waals surface area contributed by atoms with Crippen molar-refractivity contribution in [2.45, 2.75) is 35.8 Å². The smallest absolute Gasteiger partial charge is 0.259 e. The molecule has 1 amide bonds. The van der Waals surface area contributed by atoms with Gasteiger partial charge in [-0.05, 0) is 37.0 Å². The highest BCUT2D eigenvalue weighted by molar-refractivity contribution is 6.68. The van der Waals surface area contributed by atoms with Crippen molar-refractivity contribution in [3.05, 3.63) is 64.1 Å². The number of hydrogen-bond acceptors (Lipinski definition) is 4. The Morgan fingerprint density at radius 1 is 1.16 bits per heavy atom. The topological polar surface area (TPSA) is 63.6 Å². The standard InChI is InChI=1S/C22H24Cl3N3O3/c1-14-5-2-3-7-18(14)31-13-19(29)26-21(22(23,24)25)27-10-15-9-16(12-27)17-6-4-8-20(30)28(17)11-15/h2-8,15-16,21H,9-13H2,1H3,(H,26,29)/t15-,16+,21+/m0/s1. The largest absolute Gasteiger partial charge is 0.484 e. The van der Waals surface area contributed by atoms with Gasteiger partial charge in [0.15, 0.2) is 6.61 Å². The lowest BCUT2D eigenvalue weighted by Gasteiger charge is -2.47. The molecule has 1 aromatic carbocycles. The fourth-order valence-electron chi connectivity index (χ4n) is 4.58. The van der Waals surface area contributed by atoms with E-state index in [4.69, 9.17) is 39.5 Å². The number of ether oxygens (including phenoxy) is 1. The van der Waals surface area contributed by atoms with Crippen molar-refractivity contribution in [1.82, 2.24) is 14.8 Å². The van der Waals surface area contributed by atoms with Crippen LogP contribution in [0.15, 0.2) is 47.3 Å². The van der Waals surface area contributed by atoms with Gasteiger partial charge in [-0.15, -0.1) is 0 Å². The highest BCUT2D eigenvalue weighted by Gasteiger charge is 2.44. The summed E-state index contributed by atoms with van der Waals surface area (Å²) < 4.78 is 5.76. The van der Waals surface area contributed by atoms with Crippen molar-refractivity contribution < 1.29 is 9.53 Å². The Morgan fingerprint density at radius 3 is 2.68 bits per heavy atom. The molecule has 2 aliphatic heterocycles. The Kier molecular flexibility index (Phi) is 6.54. The monoisotopic (exact) mass is 483 g/mol. The van der Waals surface area contributed by atoms with Crippen molar-refractivity contribution in [2.75, 3.05) is 19.7 Å². The Bertz CT molecular complexity index is 1020. The number of rotatable bonds is 5. The molecule has 1 saturated heterocycles. The number of hydrogen-bond donors (Lipinski definition) is 1. The molecule has 6 nitrogen and oxygen atoms in total. The lowest BCUT2D eigenvalue weighted by molar-refractivity contribution is -0.125. The normalized spacial score (nSPS) is 21.8. The zero-order valence-corrected chi connectivity index (χ0v) is 19.3. The minimum atomic E-state index is -1.72. The van der Waals surface area contributed by atoms with Crippen molar-refractivity contribution in [2.24, 2.45) is 5.92 Å². The molecular weight excluding hydrogens is 461 g/mol. The van der Waals surface area contributed by atoms with Crippen LogP contribution in [-0.2, 0) is 11.3 Å². The van der Waals surface area contributed by atoms with Gasteiger partial charge in [0, 0.05) is 37.3 Å². The average Bonchev–Trinajstić information content (AvgIpc) is 2.71. The molecule has 2 aliphatic rings. The predicted molar refractivity (Wildman–Crippen MR) is 122 cm³/mol. The van der Waals surface area contributed by atoms with Crippen LogP contribution in [0, 0.1) is 12.8 Å². The first kappa shape index (κ1) is 22.5. The first-order chi connectivity index (χ1) is 14.7. The molecule has 2 aromatic rings. The van der Waals surface area contributed by atoms with Crippen LogP contribution in [0.2, 0.25) is 0 Å². The van der Waals surface area contributed by atoms with E-state index in [9.17, 15) is 9.59 Å². The number of carbonyl (C=O) groups is 1. The molecule has 2 bridgehead atoms. The quantitative estimate of drug-likeness (QED) is 0.660. The number of alkyl halides is 3. The maximum absolute atomic E-state index is 12.6. The van der Waals surface area contributed by atoms with E-state index in [-0.39, 0.29) is 29.9 Å².